The molecule has 13 heavy (non-hydrogen) atoms. The van der Waals surface area contributed by atoms with Crippen LogP contribution in [-0.2, 0) is 0 Å². The number of hydrogen-bond acceptors (Lipinski definition) is 1. The zero-order valence-corrected chi connectivity index (χ0v) is 9.94. The summed E-state index contributed by atoms with van der Waals surface area (Å²) < 4.78 is 0. The van der Waals surface area contributed by atoms with Crippen LogP contribution in [-0.4, -0.2) is 0 Å². The van der Waals surface area contributed by atoms with Crippen molar-refractivity contribution < 1.29 is 0 Å². The predicted molar refractivity (Wildman–Crippen MR) is 61.3 cm³/mol. The van der Waals surface area contributed by atoms with Gasteiger partial charge in [0.05, 0.1) is 10.0 Å². The molecule has 0 aliphatic carbocycles. The summed E-state index contributed by atoms with van der Waals surface area (Å²) in [5, 5.41) is 1.48. The number of benzene rings is 1. The van der Waals surface area contributed by atoms with Crippen molar-refractivity contribution in [3.8, 4) is 0 Å². The van der Waals surface area contributed by atoms with Gasteiger partial charge in [0.25, 0.3) is 0 Å². The number of hydrogen-bond donors (Lipinski definition) is 1. The van der Waals surface area contributed by atoms with E-state index in [4.69, 9.17) is 40.5 Å². The molecule has 1 aromatic rings. The van der Waals surface area contributed by atoms with E-state index in [1.807, 2.05) is 6.92 Å². The third-order valence-corrected chi connectivity index (χ3v) is 2.68. The summed E-state index contributed by atoms with van der Waals surface area (Å²) in [5.74, 6) is 0. The summed E-state index contributed by atoms with van der Waals surface area (Å²) in [6.07, 6.45) is 0. The Labute approximate surface area is 98.6 Å². The van der Waals surface area contributed by atoms with Crippen molar-refractivity contribution in [3.63, 3.8) is 0 Å². The predicted octanol–water partition coefficient (Wildman–Crippen LogP) is 4.09. The van der Waals surface area contributed by atoms with E-state index in [2.05, 4.69) is 0 Å². The quantitative estimate of drug-likeness (QED) is 0.757. The third kappa shape index (κ3) is 2.90. The van der Waals surface area contributed by atoms with E-state index < -0.39 is 0 Å². The highest BCUT2D eigenvalue weighted by molar-refractivity contribution is 6.44. The van der Waals surface area contributed by atoms with Gasteiger partial charge >= 0.3 is 0 Å². The molecule has 0 saturated carbocycles. The Kier molecular flexibility index (Phi) is 5.42. The standard InChI is InChI=1S/C8H8Cl3N.ClH/c1-4(12)7-5(9)2-3-6(10)8(7)11;/h2-4H,12H2,1H3;1H/t4-;/m1./s1. The highest BCUT2D eigenvalue weighted by Crippen LogP contribution is 2.34. The van der Waals surface area contributed by atoms with Gasteiger partial charge in [0.15, 0.2) is 0 Å². The van der Waals surface area contributed by atoms with Gasteiger partial charge in [-0.3, -0.25) is 0 Å². The fourth-order valence-corrected chi connectivity index (χ4v) is 1.84. The summed E-state index contributed by atoms with van der Waals surface area (Å²) in [4.78, 5) is 0. The SMILES string of the molecule is C[C@@H](N)c1c(Cl)ccc(Cl)c1Cl.Cl. The van der Waals surface area contributed by atoms with Crippen LogP contribution >= 0.6 is 47.2 Å². The van der Waals surface area contributed by atoms with E-state index >= 15 is 0 Å². The Morgan fingerprint density at radius 2 is 1.62 bits per heavy atom. The Balaban J connectivity index is 0.00000144. The second-order valence-corrected chi connectivity index (χ2v) is 3.74. The van der Waals surface area contributed by atoms with Crippen LogP contribution in [0.5, 0.6) is 0 Å². The molecule has 1 atom stereocenters. The molecule has 0 aliphatic heterocycles. The molecule has 2 N–H and O–H groups in total. The zero-order chi connectivity index (χ0) is 9.30. The lowest BCUT2D eigenvalue weighted by atomic mass is 10.1. The van der Waals surface area contributed by atoms with Crippen molar-refractivity contribution in [2.45, 2.75) is 13.0 Å². The van der Waals surface area contributed by atoms with Crippen LogP contribution in [0.1, 0.15) is 18.5 Å². The van der Waals surface area contributed by atoms with Gasteiger partial charge < -0.3 is 5.73 Å². The summed E-state index contributed by atoms with van der Waals surface area (Å²) >= 11 is 17.6. The van der Waals surface area contributed by atoms with Crippen LogP contribution in [0, 0.1) is 0 Å². The molecule has 1 aromatic carbocycles. The van der Waals surface area contributed by atoms with Crippen molar-refractivity contribution >= 4 is 47.2 Å². The van der Waals surface area contributed by atoms with Crippen LogP contribution in [0.15, 0.2) is 12.1 Å². The first-order valence-electron chi connectivity index (χ1n) is 3.43. The summed E-state index contributed by atoms with van der Waals surface area (Å²) in [5.41, 5.74) is 6.36. The number of rotatable bonds is 1. The second kappa shape index (κ2) is 5.28. The largest absolute Gasteiger partial charge is 0.324 e. The minimum absolute atomic E-state index is 0. The maximum Gasteiger partial charge on any atom is 0.0654 e. The minimum atomic E-state index is -0.205. The maximum absolute atomic E-state index is 5.90. The van der Waals surface area contributed by atoms with E-state index in [1.54, 1.807) is 12.1 Å². The first-order valence-corrected chi connectivity index (χ1v) is 4.56. The van der Waals surface area contributed by atoms with Gasteiger partial charge in [-0.05, 0) is 19.1 Å². The molecular weight excluding hydrogens is 252 g/mol. The lowest BCUT2D eigenvalue weighted by molar-refractivity contribution is 0.819. The smallest absolute Gasteiger partial charge is 0.0654 e. The molecule has 0 spiro atoms. The molecule has 0 saturated heterocycles. The molecule has 74 valence electrons. The molecule has 0 heterocycles. The van der Waals surface area contributed by atoms with Gasteiger partial charge in [-0.2, -0.15) is 0 Å². The molecule has 0 aliphatic rings. The fraction of sp³-hybridized carbons (Fsp3) is 0.250. The first kappa shape index (κ1) is 13.3. The molecule has 0 amide bonds. The van der Waals surface area contributed by atoms with Crippen molar-refractivity contribution in [1.82, 2.24) is 0 Å². The minimum Gasteiger partial charge on any atom is -0.324 e. The fourth-order valence-electron chi connectivity index (χ4n) is 0.960. The van der Waals surface area contributed by atoms with Crippen LogP contribution in [0.2, 0.25) is 15.1 Å². The molecule has 0 unspecified atom stereocenters. The third-order valence-electron chi connectivity index (χ3n) is 1.53. The Morgan fingerprint density at radius 3 is 2.00 bits per heavy atom. The average Bonchev–Trinajstić information content (AvgIpc) is 1.97. The van der Waals surface area contributed by atoms with Gasteiger partial charge in [-0.1, -0.05) is 34.8 Å². The first-order chi connectivity index (χ1) is 5.54. The number of nitrogens with two attached hydrogens (primary N) is 1. The van der Waals surface area contributed by atoms with E-state index in [9.17, 15) is 0 Å². The van der Waals surface area contributed by atoms with Crippen LogP contribution in [0.3, 0.4) is 0 Å². The number of halogens is 4. The molecule has 0 radical (unpaired) electrons. The zero-order valence-electron chi connectivity index (χ0n) is 6.85. The highest BCUT2D eigenvalue weighted by atomic mass is 35.5. The van der Waals surface area contributed by atoms with E-state index in [0.29, 0.717) is 20.6 Å². The topological polar surface area (TPSA) is 26.0 Å². The van der Waals surface area contributed by atoms with Crippen LogP contribution in [0.25, 0.3) is 0 Å². The van der Waals surface area contributed by atoms with Gasteiger partial charge in [0.2, 0.25) is 0 Å². The Bertz CT molecular complexity index is 298. The Morgan fingerprint density at radius 1 is 1.15 bits per heavy atom. The Hall–Kier alpha value is 0.340. The van der Waals surface area contributed by atoms with Crippen molar-refractivity contribution in [3.05, 3.63) is 32.8 Å². The summed E-state index contributed by atoms with van der Waals surface area (Å²) in [6, 6.07) is 3.13. The lowest BCUT2D eigenvalue weighted by Crippen LogP contribution is -2.06. The van der Waals surface area contributed by atoms with Crippen LogP contribution < -0.4 is 5.73 Å². The van der Waals surface area contributed by atoms with Crippen LogP contribution in [0.4, 0.5) is 0 Å². The van der Waals surface area contributed by atoms with Gasteiger partial charge in [0, 0.05) is 16.6 Å². The van der Waals surface area contributed by atoms with E-state index in [0.717, 1.165) is 0 Å². The average molecular weight is 261 g/mol. The summed E-state index contributed by atoms with van der Waals surface area (Å²) in [7, 11) is 0. The maximum atomic E-state index is 5.90. The molecule has 0 bridgehead atoms. The highest BCUT2D eigenvalue weighted by Gasteiger charge is 2.12. The normalized spacial score (nSPS) is 12.1. The monoisotopic (exact) mass is 259 g/mol. The molecule has 1 rings (SSSR count). The molecule has 5 heteroatoms. The second-order valence-electron chi connectivity index (χ2n) is 2.55. The molecule has 0 aromatic heterocycles. The van der Waals surface area contributed by atoms with Crippen molar-refractivity contribution in [2.75, 3.05) is 0 Å². The molecule has 0 fully saturated rings. The lowest BCUT2D eigenvalue weighted by Gasteiger charge is -2.11. The van der Waals surface area contributed by atoms with Gasteiger partial charge in [-0.15, -0.1) is 12.4 Å². The van der Waals surface area contributed by atoms with Gasteiger partial charge in [0.1, 0.15) is 0 Å². The van der Waals surface area contributed by atoms with Crippen molar-refractivity contribution in [2.24, 2.45) is 5.73 Å². The summed E-state index contributed by atoms with van der Waals surface area (Å²) in [6.45, 7) is 1.81. The molecular formula is C8H9Cl4N. The van der Waals surface area contributed by atoms with E-state index in [-0.39, 0.29) is 18.4 Å². The van der Waals surface area contributed by atoms with Gasteiger partial charge in [-0.25, -0.2) is 0 Å². The molecule has 1 nitrogen and oxygen atoms in total. The van der Waals surface area contributed by atoms with Crippen molar-refractivity contribution in [1.29, 1.82) is 0 Å². The van der Waals surface area contributed by atoms with E-state index in [1.165, 1.54) is 0 Å².